The van der Waals surface area contributed by atoms with Gasteiger partial charge in [-0.2, -0.15) is 0 Å². The number of nitrogens with zero attached hydrogens (tertiary/aromatic N) is 8. The second-order valence-electron chi connectivity index (χ2n) is 32.8. The van der Waals surface area contributed by atoms with Crippen LogP contribution in [-0.2, 0) is 106 Å². The maximum absolute atomic E-state index is 12.5. The normalized spacial score (nSPS) is 12.2. The molecule has 25 heteroatoms. The van der Waals surface area contributed by atoms with Gasteiger partial charge in [-0.1, -0.05) is 120 Å². The number of carbonyl (C=O) groups is 4. The summed E-state index contributed by atoms with van der Waals surface area (Å²) in [5, 5.41) is 0. The number of benzene rings is 8. The number of carbonyl (C=O) groups excluding carboxylic acids is 4. The van der Waals surface area contributed by atoms with E-state index in [1.54, 1.807) is 54.1 Å². The fraction of sp³-hybridized carbons (Fsp3) is 0.406. The van der Waals surface area contributed by atoms with Crippen LogP contribution < -0.4 is 43.0 Å². The predicted molar refractivity (Wildman–Crippen MR) is 487 cm³/mol. The summed E-state index contributed by atoms with van der Waals surface area (Å²) in [6.07, 6.45) is 7.58. The number of hydrogen-bond acceptors (Lipinski definition) is 25. The monoisotopic (exact) mass is 1720 g/mol. The van der Waals surface area contributed by atoms with Crippen LogP contribution in [0.1, 0.15) is 154 Å². The largest absolute Gasteiger partial charge is 0.496 e. The molecule has 1 aliphatic heterocycles. The molecule has 0 radical (unpaired) electrons. The molecule has 2 aromatic heterocycles. The number of rotatable bonds is 45. The summed E-state index contributed by atoms with van der Waals surface area (Å²) in [5.41, 5.74) is 14.1. The number of anilines is 4. The van der Waals surface area contributed by atoms with Gasteiger partial charge in [-0.15, -0.1) is 0 Å². The first-order valence-electron chi connectivity index (χ1n) is 43.2. The summed E-state index contributed by atoms with van der Waals surface area (Å²) in [6.45, 7) is 27.3. The first kappa shape index (κ1) is 96.1. The van der Waals surface area contributed by atoms with E-state index in [0.29, 0.717) is 176 Å². The molecule has 25 nitrogen and oxygen atoms in total. The summed E-state index contributed by atoms with van der Waals surface area (Å²) < 4.78 is 74.9. The topological polar surface area (TPSA) is 253 Å². The van der Waals surface area contributed by atoms with E-state index in [1.165, 1.54) is 16.7 Å². The first-order valence-corrected chi connectivity index (χ1v) is 43.2. The molecule has 3 heterocycles. The summed E-state index contributed by atoms with van der Waals surface area (Å²) in [7, 11) is 6.53. The lowest BCUT2D eigenvalue weighted by molar-refractivity contribution is -0.156. The molecule has 8 aromatic carbocycles. The molecule has 1 saturated heterocycles. The van der Waals surface area contributed by atoms with Crippen molar-refractivity contribution in [2.24, 2.45) is 0 Å². The van der Waals surface area contributed by atoms with Crippen molar-refractivity contribution < 1.29 is 80.8 Å². The molecule has 670 valence electrons. The Morgan fingerprint density at radius 2 is 0.817 bits per heavy atom. The van der Waals surface area contributed by atoms with E-state index in [2.05, 4.69) is 142 Å². The lowest BCUT2D eigenvalue weighted by Gasteiger charge is -2.34. The van der Waals surface area contributed by atoms with Gasteiger partial charge in [-0.25, -0.2) is 24.7 Å². The summed E-state index contributed by atoms with van der Waals surface area (Å²) in [5.74, 6) is 4.47. The number of ether oxygens (including phenoxy) is 13. The summed E-state index contributed by atoms with van der Waals surface area (Å²) in [4.78, 5) is 76.6. The van der Waals surface area contributed by atoms with Crippen LogP contribution in [0.3, 0.4) is 0 Å². The van der Waals surface area contributed by atoms with E-state index < -0.39 is 17.2 Å². The Hall–Kier alpha value is -12.2. The van der Waals surface area contributed by atoms with Crippen LogP contribution in [0.5, 0.6) is 40.2 Å². The summed E-state index contributed by atoms with van der Waals surface area (Å²) >= 11 is 0. The molecule has 0 N–H and O–H groups in total. The zero-order chi connectivity index (χ0) is 89.8. The van der Waals surface area contributed by atoms with Crippen LogP contribution in [0, 0.1) is 13.8 Å². The molecule has 1 aliphatic rings. The molecule has 10 aromatic rings. The second-order valence-corrected chi connectivity index (χ2v) is 32.8. The van der Waals surface area contributed by atoms with Crippen LogP contribution in [0.15, 0.2) is 195 Å². The van der Waals surface area contributed by atoms with Crippen molar-refractivity contribution in [3.8, 4) is 40.2 Å². The van der Waals surface area contributed by atoms with Crippen LogP contribution in [0.25, 0.3) is 0 Å². The highest BCUT2D eigenvalue weighted by Crippen LogP contribution is 2.41. The van der Waals surface area contributed by atoms with Gasteiger partial charge in [0.25, 0.3) is 0 Å². The summed E-state index contributed by atoms with van der Waals surface area (Å²) in [6, 6.07) is 60.7. The van der Waals surface area contributed by atoms with E-state index in [0.717, 1.165) is 100.0 Å². The minimum Gasteiger partial charge on any atom is -0.496 e. The SMILES string of the molecule is CCOC(=O)CN1CCN(Cc2cccc(Cc3cc(N(Cc4c(OC)cc(OCCOCc5ccc(C)cc5)cc4OC)c4cccc(CCCC(=O)OC(C)(C)C)c4)ncn3)c2)CC1.CCOC(=O)COc1cccc(Cc2cc(N(Cc3c(OC)cc(OCCOCc4ccc(C)cc4)cc3OC)c3cccc(CCCC(=O)OC(C)(C)C)c3)ncn2)c1. The zero-order valence-corrected chi connectivity index (χ0v) is 75.7. The maximum Gasteiger partial charge on any atom is 0.344 e. The van der Waals surface area contributed by atoms with Gasteiger partial charge in [0.15, 0.2) is 6.61 Å². The van der Waals surface area contributed by atoms with Crippen molar-refractivity contribution in [1.29, 1.82) is 0 Å². The Kier molecular flexibility index (Phi) is 37.3. The fourth-order valence-corrected chi connectivity index (χ4v) is 14.3. The van der Waals surface area contributed by atoms with Crippen molar-refractivity contribution in [1.82, 2.24) is 29.7 Å². The molecule has 0 atom stereocenters. The van der Waals surface area contributed by atoms with Crippen LogP contribution in [0.2, 0.25) is 0 Å². The quantitative estimate of drug-likeness (QED) is 0.0195. The number of methoxy groups -OCH3 is 4. The van der Waals surface area contributed by atoms with Gasteiger partial charge in [-0.3, -0.25) is 24.2 Å². The lowest BCUT2D eigenvalue weighted by Crippen LogP contribution is -2.47. The molecule has 126 heavy (non-hydrogen) atoms. The van der Waals surface area contributed by atoms with Crippen molar-refractivity contribution in [2.75, 3.05) is 117 Å². The lowest BCUT2D eigenvalue weighted by atomic mass is 10.0. The Morgan fingerprint density at radius 1 is 0.405 bits per heavy atom. The van der Waals surface area contributed by atoms with Crippen molar-refractivity contribution in [3.05, 3.63) is 267 Å². The smallest absolute Gasteiger partial charge is 0.344 e. The standard InChI is InChI=1S/C53H67N5O8.C48H57N3O9/c1-8-64-52(60)36-57-24-22-56(23-25-57)34-43-15-9-14-42(28-43)29-44-31-50(55-38-54-44)58(45-16-10-12-40(30-45)13-11-17-51(59)66-53(3,4)5)35-47-48(61-6)32-46(33-49(47)62-7)65-27-26-63-37-41-20-18-39(2)19-21-41;1-8-57-47(53)32-59-40-16-10-14-37(26-40)24-38-27-45(50-33-49-38)51(39-15-9-12-35(25-39)13-11-17-46(52)60-48(3,4)5)30-42-43(54-6)28-41(29-44(42)55-7)58-23-22-56-31-36-20-18-34(2)19-21-36/h9-10,12,14-16,18-21,28,30-33,38H,8,11,13,17,22-27,29,34-37H2,1-7H3;9-10,12,14-16,18-21,25-29,33H,8,11,13,17,22-24,30-32H2,1-7H3. The highest BCUT2D eigenvalue weighted by molar-refractivity contribution is 5.73. The van der Waals surface area contributed by atoms with Crippen molar-refractivity contribution >= 4 is 46.9 Å². The number of aryl methyl sites for hydroxylation is 4. The highest BCUT2D eigenvalue weighted by atomic mass is 16.6. The zero-order valence-electron chi connectivity index (χ0n) is 75.7. The number of esters is 4. The highest BCUT2D eigenvalue weighted by Gasteiger charge is 2.27. The van der Waals surface area contributed by atoms with E-state index in [-0.39, 0.29) is 24.5 Å². The number of hydrogen-bond donors (Lipinski definition) is 0. The van der Waals surface area contributed by atoms with Crippen LogP contribution >= 0.6 is 0 Å². The van der Waals surface area contributed by atoms with Crippen molar-refractivity contribution in [3.63, 3.8) is 0 Å². The molecule has 0 saturated carbocycles. The molecule has 0 bridgehead atoms. The number of aromatic nitrogens is 4. The molecular formula is C101H124N8O17. The molecule has 1 fully saturated rings. The van der Waals surface area contributed by atoms with Gasteiger partial charge in [0.2, 0.25) is 0 Å². The third-order valence-corrected chi connectivity index (χ3v) is 20.4. The minimum absolute atomic E-state index is 0.165. The average molecular weight is 1720 g/mol. The van der Waals surface area contributed by atoms with E-state index in [1.807, 2.05) is 121 Å². The van der Waals surface area contributed by atoms with Gasteiger partial charge in [0.1, 0.15) is 89.0 Å². The van der Waals surface area contributed by atoms with Gasteiger partial charge in [0.05, 0.1) is 110 Å². The van der Waals surface area contributed by atoms with Gasteiger partial charge in [0, 0.05) is 106 Å². The first-order chi connectivity index (χ1) is 60.8. The van der Waals surface area contributed by atoms with E-state index in [9.17, 15) is 19.2 Å². The molecule has 0 amide bonds. The Morgan fingerprint density at radius 3 is 1.26 bits per heavy atom. The number of piperazine rings is 1. The Labute approximate surface area is 742 Å². The fourth-order valence-electron chi connectivity index (χ4n) is 14.3. The predicted octanol–water partition coefficient (Wildman–Crippen LogP) is 17.6. The average Bonchev–Trinajstić information content (AvgIpc) is 0.797. The third-order valence-electron chi connectivity index (χ3n) is 20.4. The minimum atomic E-state index is -0.530. The van der Waals surface area contributed by atoms with Crippen molar-refractivity contribution in [2.45, 2.75) is 165 Å². The maximum atomic E-state index is 12.5. The molecule has 0 aliphatic carbocycles. The van der Waals surface area contributed by atoms with E-state index in [4.69, 9.17) is 76.5 Å². The van der Waals surface area contributed by atoms with Crippen LogP contribution in [0.4, 0.5) is 23.0 Å². The Balaban J connectivity index is 0.000000264. The van der Waals surface area contributed by atoms with E-state index >= 15 is 0 Å². The Bertz CT molecular complexity index is 5060. The molecule has 0 spiro atoms. The van der Waals surface area contributed by atoms with Crippen LogP contribution in [-0.4, -0.2) is 172 Å². The molecular weight excluding hydrogens is 1600 g/mol. The van der Waals surface area contributed by atoms with Gasteiger partial charge >= 0.3 is 23.9 Å². The van der Waals surface area contributed by atoms with Gasteiger partial charge < -0.3 is 71.4 Å². The third kappa shape index (κ3) is 32.1. The van der Waals surface area contributed by atoms with Gasteiger partial charge in [-0.05, 0) is 170 Å². The molecule has 11 rings (SSSR count). The molecule has 0 unspecified atom stereocenters. The second kappa shape index (κ2) is 48.9.